The van der Waals surface area contributed by atoms with Gasteiger partial charge in [-0.2, -0.15) is 0 Å². The standard InChI is InChI=1S/C11H15IO/c1-10-4-6-11(7-5-10)13-9-3-2-8-12/h4-7H,2-3,8-9H2,1H3. The second kappa shape index (κ2) is 6.24. The van der Waals surface area contributed by atoms with E-state index >= 15 is 0 Å². The second-order valence-electron chi connectivity index (χ2n) is 3.06. The Bertz CT molecular complexity index is 230. The van der Waals surface area contributed by atoms with Crippen LogP contribution in [0.4, 0.5) is 0 Å². The lowest BCUT2D eigenvalue weighted by atomic mass is 10.2. The number of ether oxygens (including phenoxy) is 1. The summed E-state index contributed by atoms with van der Waals surface area (Å²) >= 11 is 2.39. The first-order chi connectivity index (χ1) is 6.33. The molecule has 0 aliphatic rings. The van der Waals surface area contributed by atoms with Crippen LogP contribution in [-0.2, 0) is 0 Å². The lowest BCUT2D eigenvalue weighted by Gasteiger charge is -2.04. The van der Waals surface area contributed by atoms with Crippen molar-refractivity contribution >= 4 is 22.6 Å². The average Bonchev–Trinajstić information content (AvgIpc) is 2.15. The molecule has 0 saturated carbocycles. The number of benzene rings is 1. The van der Waals surface area contributed by atoms with Gasteiger partial charge in [0.1, 0.15) is 5.75 Å². The number of alkyl halides is 1. The molecule has 72 valence electrons. The Labute approximate surface area is 93.6 Å². The van der Waals surface area contributed by atoms with Crippen molar-refractivity contribution in [1.29, 1.82) is 0 Å². The second-order valence-corrected chi connectivity index (χ2v) is 4.14. The minimum absolute atomic E-state index is 0.839. The summed E-state index contributed by atoms with van der Waals surface area (Å²) in [4.78, 5) is 0. The molecule has 1 nitrogen and oxygen atoms in total. The highest BCUT2D eigenvalue weighted by Crippen LogP contribution is 2.11. The van der Waals surface area contributed by atoms with E-state index in [9.17, 15) is 0 Å². The molecule has 0 fully saturated rings. The van der Waals surface area contributed by atoms with E-state index < -0.39 is 0 Å². The maximum absolute atomic E-state index is 5.56. The normalized spacial score (nSPS) is 10.0. The molecule has 0 heterocycles. The molecule has 0 unspecified atom stereocenters. The van der Waals surface area contributed by atoms with Crippen LogP contribution in [0.3, 0.4) is 0 Å². The molecule has 0 amide bonds. The van der Waals surface area contributed by atoms with Gasteiger partial charge in [-0.05, 0) is 36.3 Å². The molecule has 0 aliphatic heterocycles. The fraction of sp³-hybridized carbons (Fsp3) is 0.455. The first kappa shape index (κ1) is 10.8. The monoisotopic (exact) mass is 290 g/mol. The molecular formula is C11H15IO. The number of halogens is 1. The van der Waals surface area contributed by atoms with Crippen LogP contribution >= 0.6 is 22.6 Å². The number of hydrogen-bond acceptors (Lipinski definition) is 1. The van der Waals surface area contributed by atoms with Crippen LogP contribution in [0.15, 0.2) is 24.3 Å². The number of hydrogen-bond donors (Lipinski definition) is 0. The molecule has 0 saturated heterocycles. The summed E-state index contributed by atoms with van der Waals surface area (Å²) in [5.41, 5.74) is 1.28. The van der Waals surface area contributed by atoms with Gasteiger partial charge in [-0.15, -0.1) is 0 Å². The molecule has 0 aliphatic carbocycles. The highest BCUT2D eigenvalue weighted by molar-refractivity contribution is 14.1. The molecule has 0 bridgehead atoms. The molecule has 1 aromatic rings. The Kier molecular flexibility index (Phi) is 5.20. The fourth-order valence-corrected chi connectivity index (χ4v) is 1.56. The Morgan fingerprint density at radius 1 is 1.15 bits per heavy atom. The molecule has 2 heteroatoms. The summed E-state index contributed by atoms with van der Waals surface area (Å²) in [6.45, 7) is 2.92. The number of rotatable bonds is 5. The minimum atomic E-state index is 0.839. The molecule has 0 atom stereocenters. The van der Waals surface area contributed by atoms with E-state index in [0.717, 1.165) is 18.8 Å². The zero-order valence-electron chi connectivity index (χ0n) is 7.92. The molecule has 0 radical (unpaired) electrons. The van der Waals surface area contributed by atoms with E-state index in [2.05, 4.69) is 41.6 Å². The predicted molar refractivity (Wildman–Crippen MR) is 64.8 cm³/mol. The summed E-state index contributed by atoms with van der Waals surface area (Å²) < 4.78 is 6.78. The van der Waals surface area contributed by atoms with E-state index in [1.165, 1.54) is 16.4 Å². The van der Waals surface area contributed by atoms with E-state index in [-0.39, 0.29) is 0 Å². The lowest BCUT2D eigenvalue weighted by molar-refractivity contribution is 0.310. The third kappa shape index (κ3) is 4.50. The average molecular weight is 290 g/mol. The first-order valence-electron chi connectivity index (χ1n) is 4.58. The summed E-state index contributed by atoms with van der Waals surface area (Å²) in [5.74, 6) is 0.985. The lowest BCUT2D eigenvalue weighted by Crippen LogP contribution is -1.97. The van der Waals surface area contributed by atoms with Crippen LogP contribution in [0.1, 0.15) is 18.4 Å². The SMILES string of the molecule is Cc1ccc(OCCCCI)cc1. The van der Waals surface area contributed by atoms with Crippen LogP contribution in [0.2, 0.25) is 0 Å². The van der Waals surface area contributed by atoms with Crippen LogP contribution in [0.5, 0.6) is 5.75 Å². The van der Waals surface area contributed by atoms with Gasteiger partial charge in [0.15, 0.2) is 0 Å². The third-order valence-electron chi connectivity index (χ3n) is 1.82. The molecule has 13 heavy (non-hydrogen) atoms. The maximum atomic E-state index is 5.56. The van der Waals surface area contributed by atoms with Crippen LogP contribution in [0.25, 0.3) is 0 Å². The zero-order chi connectivity index (χ0) is 9.52. The number of aryl methyl sites for hydroxylation is 1. The Morgan fingerprint density at radius 2 is 1.85 bits per heavy atom. The van der Waals surface area contributed by atoms with Crippen molar-refractivity contribution in [2.75, 3.05) is 11.0 Å². The van der Waals surface area contributed by atoms with Gasteiger partial charge in [0.2, 0.25) is 0 Å². The van der Waals surface area contributed by atoms with Crippen molar-refractivity contribution in [3.8, 4) is 5.75 Å². The highest BCUT2D eigenvalue weighted by atomic mass is 127. The van der Waals surface area contributed by atoms with Crippen molar-refractivity contribution in [1.82, 2.24) is 0 Å². The Morgan fingerprint density at radius 3 is 2.46 bits per heavy atom. The summed E-state index contributed by atoms with van der Waals surface area (Å²) in [6.07, 6.45) is 2.39. The number of unbranched alkanes of at least 4 members (excludes halogenated alkanes) is 1. The molecule has 0 spiro atoms. The van der Waals surface area contributed by atoms with Crippen molar-refractivity contribution in [2.24, 2.45) is 0 Å². The summed E-state index contributed by atoms with van der Waals surface area (Å²) in [7, 11) is 0. The van der Waals surface area contributed by atoms with E-state index in [4.69, 9.17) is 4.74 Å². The van der Waals surface area contributed by atoms with Gasteiger partial charge < -0.3 is 4.74 Å². The first-order valence-corrected chi connectivity index (χ1v) is 6.11. The van der Waals surface area contributed by atoms with Gasteiger partial charge >= 0.3 is 0 Å². The van der Waals surface area contributed by atoms with E-state index in [1.54, 1.807) is 0 Å². The molecule has 1 rings (SSSR count). The Hall–Kier alpha value is -0.250. The molecular weight excluding hydrogens is 275 g/mol. The van der Waals surface area contributed by atoms with Crippen molar-refractivity contribution in [3.63, 3.8) is 0 Å². The van der Waals surface area contributed by atoms with Crippen molar-refractivity contribution in [3.05, 3.63) is 29.8 Å². The summed E-state index contributed by atoms with van der Waals surface area (Å²) in [6, 6.07) is 8.21. The van der Waals surface area contributed by atoms with Gasteiger partial charge in [0.05, 0.1) is 6.61 Å². The van der Waals surface area contributed by atoms with Gasteiger partial charge in [0, 0.05) is 0 Å². The summed E-state index contributed by atoms with van der Waals surface area (Å²) in [5, 5.41) is 0. The fourth-order valence-electron chi connectivity index (χ4n) is 1.02. The highest BCUT2D eigenvalue weighted by Gasteiger charge is 1.92. The third-order valence-corrected chi connectivity index (χ3v) is 2.58. The molecule has 0 N–H and O–H groups in total. The van der Waals surface area contributed by atoms with Crippen molar-refractivity contribution < 1.29 is 4.74 Å². The van der Waals surface area contributed by atoms with Gasteiger partial charge in [-0.3, -0.25) is 0 Å². The molecule has 0 aromatic heterocycles. The molecule has 1 aromatic carbocycles. The van der Waals surface area contributed by atoms with Gasteiger partial charge in [-0.25, -0.2) is 0 Å². The smallest absolute Gasteiger partial charge is 0.119 e. The largest absolute Gasteiger partial charge is 0.494 e. The van der Waals surface area contributed by atoms with Crippen LogP contribution < -0.4 is 4.74 Å². The van der Waals surface area contributed by atoms with Gasteiger partial charge in [0.25, 0.3) is 0 Å². The van der Waals surface area contributed by atoms with Crippen LogP contribution in [-0.4, -0.2) is 11.0 Å². The van der Waals surface area contributed by atoms with Crippen LogP contribution in [0, 0.1) is 6.92 Å². The topological polar surface area (TPSA) is 9.23 Å². The predicted octanol–water partition coefficient (Wildman–Crippen LogP) is 3.59. The Balaban J connectivity index is 2.25. The zero-order valence-corrected chi connectivity index (χ0v) is 10.1. The van der Waals surface area contributed by atoms with E-state index in [0.29, 0.717) is 0 Å². The quantitative estimate of drug-likeness (QED) is 0.457. The van der Waals surface area contributed by atoms with Gasteiger partial charge in [-0.1, -0.05) is 40.3 Å². The minimum Gasteiger partial charge on any atom is -0.494 e. The van der Waals surface area contributed by atoms with E-state index in [1.807, 2.05) is 12.1 Å². The maximum Gasteiger partial charge on any atom is 0.119 e. The van der Waals surface area contributed by atoms with Crippen molar-refractivity contribution in [2.45, 2.75) is 19.8 Å².